The second-order valence-electron chi connectivity index (χ2n) is 9.10. The van der Waals surface area contributed by atoms with Gasteiger partial charge in [-0.15, -0.1) is 0 Å². The average Bonchev–Trinajstić information content (AvgIpc) is 3.17. The second kappa shape index (κ2) is 11.7. The van der Waals surface area contributed by atoms with Crippen LogP contribution in [0.15, 0.2) is 42.0 Å². The number of aliphatic hydroxyl groups excluding tert-OH is 1. The zero-order valence-electron chi connectivity index (χ0n) is 21.8. The van der Waals surface area contributed by atoms with E-state index < -0.39 is 17.7 Å². The van der Waals surface area contributed by atoms with E-state index in [4.69, 9.17) is 18.9 Å². The molecule has 4 rings (SSSR count). The number of hydrogen-bond donors (Lipinski definition) is 1. The van der Waals surface area contributed by atoms with Gasteiger partial charge in [0.25, 0.3) is 11.7 Å². The molecule has 2 heterocycles. The molecule has 0 aromatic heterocycles. The van der Waals surface area contributed by atoms with Crippen molar-refractivity contribution in [1.29, 1.82) is 0 Å². The molecule has 2 aromatic rings. The van der Waals surface area contributed by atoms with Gasteiger partial charge in [0.1, 0.15) is 11.5 Å². The van der Waals surface area contributed by atoms with Gasteiger partial charge in [-0.25, -0.2) is 0 Å². The van der Waals surface area contributed by atoms with Crippen LogP contribution in [0.4, 0.5) is 0 Å². The summed E-state index contributed by atoms with van der Waals surface area (Å²) in [7, 11) is 4.64. The highest BCUT2D eigenvalue weighted by Gasteiger charge is 2.46. The Balaban J connectivity index is 1.74. The van der Waals surface area contributed by atoms with Crippen LogP contribution in [0.3, 0.4) is 0 Å². The van der Waals surface area contributed by atoms with Crippen molar-refractivity contribution in [3.8, 4) is 17.2 Å². The summed E-state index contributed by atoms with van der Waals surface area (Å²) in [6.45, 7) is 6.06. The number of rotatable bonds is 9. The summed E-state index contributed by atoms with van der Waals surface area (Å²) in [6.07, 6.45) is 0.679. The maximum atomic E-state index is 13.3. The van der Waals surface area contributed by atoms with E-state index >= 15 is 0 Å². The first-order chi connectivity index (χ1) is 17.9. The molecular formula is C28H34N2O7. The number of aliphatic hydroxyl groups is 1. The molecule has 2 fully saturated rings. The fourth-order valence-electron chi connectivity index (χ4n) is 4.95. The lowest BCUT2D eigenvalue weighted by Crippen LogP contribution is -2.38. The van der Waals surface area contributed by atoms with E-state index in [-0.39, 0.29) is 11.3 Å². The number of ketones is 1. The van der Waals surface area contributed by atoms with Crippen LogP contribution in [0.5, 0.6) is 17.2 Å². The van der Waals surface area contributed by atoms with E-state index in [1.54, 1.807) is 55.5 Å². The van der Waals surface area contributed by atoms with Crippen LogP contribution < -0.4 is 14.2 Å². The van der Waals surface area contributed by atoms with Gasteiger partial charge in [-0.3, -0.25) is 14.5 Å². The molecule has 2 aromatic carbocycles. The van der Waals surface area contributed by atoms with Gasteiger partial charge < -0.3 is 29.0 Å². The van der Waals surface area contributed by atoms with Gasteiger partial charge in [0.05, 0.1) is 46.2 Å². The van der Waals surface area contributed by atoms with Crippen molar-refractivity contribution < 1.29 is 33.6 Å². The standard InChI is InChI=1S/C28H34N2O7/c1-18-16-20(7-8-21(18)34-2)26(31)24-25(19-6-9-22(35-3)23(17-19)36-4)30(28(33)27(24)32)11-5-10-29-12-14-37-15-13-29/h6-9,16-17,25,31H,5,10-15H2,1-4H3/t25-/m1/s1. The number of carbonyl (C=O) groups is 2. The molecule has 0 saturated carbocycles. The summed E-state index contributed by atoms with van der Waals surface area (Å²) in [5.41, 5.74) is 1.94. The summed E-state index contributed by atoms with van der Waals surface area (Å²) >= 11 is 0. The third kappa shape index (κ3) is 5.42. The zero-order valence-corrected chi connectivity index (χ0v) is 21.8. The van der Waals surface area contributed by atoms with Crippen molar-refractivity contribution in [2.45, 2.75) is 19.4 Å². The van der Waals surface area contributed by atoms with Crippen molar-refractivity contribution in [2.24, 2.45) is 0 Å². The number of benzene rings is 2. The lowest BCUT2D eigenvalue weighted by Gasteiger charge is -2.29. The normalized spacial score (nSPS) is 19.8. The van der Waals surface area contributed by atoms with Crippen LogP contribution in [0.2, 0.25) is 0 Å². The van der Waals surface area contributed by atoms with Crippen molar-refractivity contribution in [3.05, 3.63) is 58.7 Å². The van der Waals surface area contributed by atoms with Gasteiger partial charge in [-0.1, -0.05) is 6.07 Å². The number of hydrogen-bond acceptors (Lipinski definition) is 8. The molecule has 37 heavy (non-hydrogen) atoms. The van der Waals surface area contributed by atoms with Crippen LogP contribution in [0.1, 0.15) is 29.2 Å². The topological polar surface area (TPSA) is 97.8 Å². The van der Waals surface area contributed by atoms with E-state index in [1.165, 1.54) is 7.11 Å². The van der Waals surface area contributed by atoms with E-state index in [2.05, 4.69) is 4.90 Å². The smallest absolute Gasteiger partial charge is 0.295 e. The van der Waals surface area contributed by atoms with E-state index in [0.717, 1.165) is 25.2 Å². The minimum Gasteiger partial charge on any atom is -0.507 e. The average molecular weight is 511 g/mol. The Bertz CT molecular complexity index is 1190. The minimum absolute atomic E-state index is 0.0492. The second-order valence-corrected chi connectivity index (χ2v) is 9.10. The number of likely N-dealkylation sites (tertiary alicyclic amines) is 1. The van der Waals surface area contributed by atoms with Crippen LogP contribution in [-0.4, -0.2) is 87.3 Å². The maximum absolute atomic E-state index is 13.3. The summed E-state index contributed by atoms with van der Waals surface area (Å²) in [5.74, 6) is 0.0993. The fraction of sp³-hybridized carbons (Fsp3) is 0.429. The van der Waals surface area contributed by atoms with Crippen molar-refractivity contribution in [3.63, 3.8) is 0 Å². The molecule has 1 atom stereocenters. The van der Waals surface area contributed by atoms with Crippen LogP contribution in [-0.2, 0) is 14.3 Å². The molecule has 2 aliphatic heterocycles. The summed E-state index contributed by atoms with van der Waals surface area (Å²) < 4.78 is 21.6. The molecule has 1 N–H and O–H groups in total. The Labute approximate surface area is 217 Å². The SMILES string of the molecule is COc1ccc(C(O)=C2C(=O)C(=O)N(CCCN3CCOCC3)[C@@H]2c2ccc(OC)c(OC)c2)cc1C. The summed E-state index contributed by atoms with van der Waals surface area (Å²) in [5, 5.41) is 11.4. The summed E-state index contributed by atoms with van der Waals surface area (Å²) in [6, 6.07) is 9.65. The van der Waals surface area contributed by atoms with Crippen LogP contribution in [0.25, 0.3) is 5.76 Å². The molecule has 2 aliphatic rings. The van der Waals surface area contributed by atoms with E-state index in [0.29, 0.717) is 54.6 Å². The predicted molar refractivity (Wildman–Crippen MR) is 138 cm³/mol. The lowest BCUT2D eigenvalue weighted by molar-refractivity contribution is -0.140. The predicted octanol–water partition coefficient (Wildman–Crippen LogP) is 3.16. The van der Waals surface area contributed by atoms with E-state index in [9.17, 15) is 14.7 Å². The lowest BCUT2D eigenvalue weighted by atomic mass is 9.94. The minimum atomic E-state index is -0.771. The molecular weight excluding hydrogens is 476 g/mol. The third-order valence-electron chi connectivity index (χ3n) is 6.91. The molecule has 0 radical (unpaired) electrons. The molecule has 0 bridgehead atoms. The maximum Gasteiger partial charge on any atom is 0.295 e. The monoisotopic (exact) mass is 510 g/mol. The number of ether oxygens (including phenoxy) is 4. The highest BCUT2D eigenvalue weighted by atomic mass is 16.5. The molecule has 0 spiro atoms. The highest BCUT2D eigenvalue weighted by molar-refractivity contribution is 6.46. The fourth-order valence-corrected chi connectivity index (χ4v) is 4.95. The molecule has 0 aliphatic carbocycles. The number of nitrogens with zero attached hydrogens (tertiary/aromatic N) is 2. The zero-order chi connectivity index (χ0) is 26.5. The van der Waals surface area contributed by atoms with Gasteiger partial charge in [-0.05, 0) is 54.8 Å². The van der Waals surface area contributed by atoms with Crippen molar-refractivity contribution >= 4 is 17.4 Å². The number of carbonyl (C=O) groups excluding carboxylic acids is 2. The molecule has 9 heteroatoms. The number of morpholine rings is 1. The Kier molecular flexibility index (Phi) is 8.35. The highest BCUT2D eigenvalue weighted by Crippen LogP contribution is 2.42. The van der Waals surface area contributed by atoms with E-state index in [1.807, 2.05) is 6.92 Å². The number of amides is 1. The Morgan fingerprint density at radius 3 is 2.27 bits per heavy atom. The van der Waals surface area contributed by atoms with Gasteiger partial charge in [-0.2, -0.15) is 0 Å². The Morgan fingerprint density at radius 1 is 0.946 bits per heavy atom. The molecule has 0 unspecified atom stereocenters. The molecule has 2 saturated heterocycles. The van der Waals surface area contributed by atoms with Crippen molar-refractivity contribution in [2.75, 3.05) is 60.7 Å². The van der Waals surface area contributed by atoms with Crippen molar-refractivity contribution in [1.82, 2.24) is 9.80 Å². The molecule has 198 valence electrons. The molecule has 1 amide bonds. The van der Waals surface area contributed by atoms with Gasteiger partial charge in [0, 0.05) is 31.7 Å². The summed E-state index contributed by atoms with van der Waals surface area (Å²) in [4.78, 5) is 30.5. The van der Waals surface area contributed by atoms with Gasteiger partial charge in [0.2, 0.25) is 0 Å². The first-order valence-corrected chi connectivity index (χ1v) is 12.3. The Morgan fingerprint density at radius 2 is 1.62 bits per heavy atom. The number of Topliss-reactive ketones (excluding diaryl/α,β-unsaturated/α-hetero) is 1. The number of aryl methyl sites for hydroxylation is 1. The molecule has 9 nitrogen and oxygen atoms in total. The van der Waals surface area contributed by atoms with Crippen LogP contribution in [0, 0.1) is 6.92 Å². The van der Waals surface area contributed by atoms with Gasteiger partial charge in [0.15, 0.2) is 11.5 Å². The van der Waals surface area contributed by atoms with Gasteiger partial charge >= 0.3 is 0 Å². The van der Waals surface area contributed by atoms with Crippen LogP contribution >= 0.6 is 0 Å². The first kappa shape index (κ1) is 26.5. The largest absolute Gasteiger partial charge is 0.507 e. The number of methoxy groups -OCH3 is 3. The Hall–Kier alpha value is -3.56. The first-order valence-electron chi connectivity index (χ1n) is 12.3. The quantitative estimate of drug-likeness (QED) is 0.312. The third-order valence-corrected chi connectivity index (χ3v) is 6.91.